The molecule has 0 aliphatic carbocycles. The van der Waals surface area contributed by atoms with Crippen molar-refractivity contribution in [1.29, 1.82) is 0 Å². The molecule has 0 radical (unpaired) electrons. The molecule has 0 heterocycles. The van der Waals surface area contributed by atoms with E-state index in [9.17, 15) is 9.50 Å². The van der Waals surface area contributed by atoms with E-state index in [-0.39, 0.29) is 11.9 Å². The number of halogens is 1. The summed E-state index contributed by atoms with van der Waals surface area (Å²) in [5.41, 5.74) is 7.00. The first-order valence-electron chi connectivity index (χ1n) is 4.89. The Hall–Kier alpha value is -1.13. The van der Waals surface area contributed by atoms with Gasteiger partial charge in [0.25, 0.3) is 0 Å². The first kappa shape index (κ1) is 11.9. The van der Waals surface area contributed by atoms with Crippen LogP contribution in [0.4, 0.5) is 10.1 Å². The Kier molecular flexibility index (Phi) is 4.05. The molecule has 3 N–H and O–H groups in total. The molecule has 1 rings (SSSR count). The number of nitrogen functional groups attached to an aromatic ring is 1. The van der Waals surface area contributed by atoms with Crippen molar-refractivity contribution < 1.29 is 9.50 Å². The van der Waals surface area contributed by atoms with Gasteiger partial charge >= 0.3 is 0 Å². The van der Waals surface area contributed by atoms with E-state index in [1.165, 1.54) is 12.1 Å². The van der Waals surface area contributed by atoms with Crippen molar-refractivity contribution in [2.75, 3.05) is 19.3 Å². The van der Waals surface area contributed by atoms with Crippen LogP contribution < -0.4 is 5.73 Å². The second-order valence-electron chi connectivity index (χ2n) is 3.89. The van der Waals surface area contributed by atoms with Gasteiger partial charge in [0.2, 0.25) is 0 Å². The average Bonchev–Trinajstić information content (AvgIpc) is 2.08. The van der Waals surface area contributed by atoms with E-state index >= 15 is 0 Å². The standard InChI is InChI=1S/C11H17FN2O/c1-8(15)6-14(2)7-9-3-4-10(12)5-11(9)13/h3-5,8,15H,6-7,13H2,1-2H3. The molecule has 0 aromatic heterocycles. The maximum Gasteiger partial charge on any atom is 0.125 e. The van der Waals surface area contributed by atoms with Crippen molar-refractivity contribution >= 4 is 5.69 Å². The van der Waals surface area contributed by atoms with Crippen molar-refractivity contribution in [2.45, 2.75) is 19.6 Å². The summed E-state index contributed by atoms with van der Waals surface area (Å²) in [4.78, 5) is 1.94. The van der Waals surface area contributed by atoms with E-state index in [0.29, 0.717) is 18.8 Å². The molecule has 1 aromatic rings. The zero-order valence-electron chi connectivity index (χ0n) is 9.07. The number of hydrogen-bond donors (Lipinski definition) is 2. The molecule has 15 heavy (non-hydrogen) atoms. The highest BCUT2D eigenvalue weighted by atomic mass is 19.1. The predicted octanol–water partition coefficient (Wildman–Crippen LogP) is 1.22. The van der Waals surface area contributed by atoms with Crippen LogP contribution in [-0.4, -0.2) is 29.7 Å². The van der Waals surface area contributed by atoms with Gasteiger partial charge in [0.05, 0.1) is 6.10 Å². The highest BCUT2D eigenvalue weighted by Crippen LogP contribution is 2.15. The molecular formula is C11H17FN2O. The molecule has 1 unspecified atom stereocenters. The van der Waals surface area contributed by atoms with Crippen molar-refractivity contribution in [2.24, 2.45) is 0 Å². The first-order chi connectivity index (χ1) is 6.99. The van der Waals surface area contributed by atoms with Crippen LogP contribution in [0.5, 0.6) is 0 Å². The largest absolute Gasteiger partial charge is 0.398 e. The second-order valence-corrected chi connectivity index (χ2v) is 3.89. The summed E-state index contributed by atoms with van der Waals surface area (Å²) >= 11 is 0. The van der Waals surface area contributed by atoms with E-state index in [0.717, 1.165) is 5.56 Å². The van der Waals surface area contributed by atoms with Crippen LogP contribution in [-0.2, 0) is 6.54 Å². The minimum Gasteiger partial charge on any atom is -0.398 e. The average molecular weight is 212 g/mol. The van der Waals surface area contributed by atoms with Gasteiger partial charge in [-0.3, -0.25) is 4.90 Å². The van der Waals surface area contributed by atoms with E-state index in [1.807, 2.05) is 11.9 Å². The van der Waals surface area contributed by atoms with Gasteiger partial charge in [-0.05, 0) is 31.7 Å². The maximum absolute atomic E-state index is 12.8. The highest BCUT2D eigenvalue weighted by Gasteiger charge is 2.06. The fourth-order valence-corrected chi connectivity index (χ4v) is 1.52. The predicted molar refractivity (Wildman–Crippen MR) is 58.8 cm³/mol. The quantitative estimate of drug-likeness (QED) is 0.738. The minimum absolute atomic E-state index is 0.325. The zero-order chi connectivity index (χ0) is 11.4. The Morgan fingerprint density at radius 2 is 2.20 bits per heavy atom. The van der Waals surface area contributed by atoms with E-state index in [1.54, 1.807) is 13.0 Å². The Morgan fingerprint density at radius 3 is 2.73 bits per heavy atom. The monoisotopic (exact) mass is 212 g/mol. The summed E-state index contributed by atoms with van der Waals surface area (Å²) in [5, 5.41) is 9.18. The summed E-state index contributed by atoms with van der Waals surface area (Å²) in [7, 11) is 1.88. The first-order valence-corrected chi connectivity index (χ1v) is 4.89. The van der Waals surface area contributed by atoms with E-state index < -0.39 is 0 Å². The van der Waals surface area contributed by atoms with Crippen LogP contribution in [0.2, 0.25) is 0 Å². The number of hydrogen-bond acceptors (Lipinski definition) is 3. The lowest BCUT2D eigenvalue weighted by atomic mass is 10.1. The van der Waals surface area contributed by atoms with Gasteiger partial charge in [0, 0.05) is 18.8 Å². The number of nitrogens with two attached hydrogens (primary N) is 1. The molecule has 0 spiro atoms. The van der Waals surface area contributed by atoms with Gasteiger partial charge < -0.3 is 10.8 Å². The molecule has 0 bridgehead atoms. The lowest BCUT2D eigenvalue weighted by molar-refractivity contribution is 0.138. The topological polar surface area (TPSA) is 49.5 Å². The third kappa shape index (κ3) is 3.85. The molecule has 0 amide bonds. The Morgan fingerprint density at radius 1 is 1.53 bits per heavy atom. The van der Waals surface area contributed by atoms with Crippen molar-refractivity contribution in [3.8, 4) is 0 Å². The fraction of sp³-hybridized carbons (Fsp3) is 0.455. The summed E-state index contributed by atoms with van der Waals surface area (Å²) in [5.74, 6) is -0.325. The molecular weight excluding hydrogens is 195 g/mol. The molecule has 0 fully saturated rings. The van der Waals surface area contributed by atoms with E-state index in [4.69, 9.17) is 5.73 Å². The van der Waals surface area contributed by atoms with Crippen LogP contribution >= 0.6 is 0 Å². The number of anilines is 1. The molecule has 84 valence electrons. The van der Waals surface area contributed by atoms with Crippen LogP contribution in [0.25, 0.3) is 0 Å². The number of rotatable bonds is 4. The van der Waals surface area contributed by atoms with Crippen molar-refractivity contribution in [3.05, 3.63) is 29.6 Å². The molecule has 0 saturated carbocycles. The molecule has 0 aliphatic heterocycles. The van der Waals surface area contributed by atoms with Gasteiger partial charge in [0.15, 0.2) is 0 Å². The Balaban J connectivity index is 2.64. The molecule has 4 heteroatoms. The van der Waals surface area contributed by atoms with Crippen LogP contribution in [0.3, 0.4) is 0 Å². The van der Waals surface area contributed by atoms with Gasteiger partial charge in [-0.15, -0.1) is 0 Å². The highest BCUT2D eigenvalue weighted by molar-refractivity contribution is 5.46. The molecule has 0 aliphatic rings. The molecule has 1 atom stereocenters. The van der Waals surface area contributed by atoms with Gasteiger partial charge in [-0.2, -0.15) is 0 Å². The third-order valence-corrected chi connectivity index (χ3v) is 2.12. The maximum atomic E-state index is 12.8. The van der Waals surface area contributed by atoms with Crippen LogP contribution in [0.15, 0.2) is 18.2 Å². The number of aliphatic hydroxyl groups excluding tert-OH is 1. The lowest BCUT2D eigenvalue weighted by Crippen LogP contribution is -2.27. The van der Waals surface area contributed by atoms with Gasteiger partial charge in [-0.25, -0.2) is 4.39 Å². The van der Waals surface area contributed by atoms with Crippen LogP contribution in [0, 0.1) is 5.82 Å². The number of benzene rings is 1. The SMILES string of the molecule is CC(O)CN(C)Cc1ccc(F)cc1N. The molecule has 0 saturated heterocycles. The Labute approximate surface area is 89.3 Å². The second kappa shape index (κ2) is 5.09. The zero-order valence-corrected chi connectivity index (χ0v) is 9.07. The number of nitrogens with zero attached hydrogens (tertiary/aromatic N) is 1. The van der Waals surface area contributed by atoms with Crippen molar-refractivity contribution in [1.82, 2.24) is 4.90 Å². The van der Waals surface area contributed by atoms with Gasteiger partial charge in [-0.1, -0.05) is 6.07 Å². The normalized spacial score (nSPS) is 13.1. The third-order valence-electron chi connectivity index (χ3n) is 2.12. The summed E-state index contributed by atoms with van der Waals surface area (Å²) < 4.78 is 12.8. The smallest absolute Gasteiger partial charge is 0.125 e. The summed E-state index contributed by atoms with van der Waals surface area (Å²) in [6.07, 6.45) is -0.378. The molecule has 1 aromatic carbocycles. The fourth-order valence-electron chi connectivity index (χ4n) is 1.52. The summed E-state index contributed by atoms with van der Waals surface area (Å²) in [6.45, 7) is 2.90. The van der Waals surface area contributed by atoms with Gasteiger partial charge in [0.1, 0.15) is 5.82 Å². The number of likely N-dealkylation sites (N-methyl/N-ethyl adjacent to an activating group) is 1. The Bertz CT molecular complexity index is 328. The van der Waals surface area contributed by atoms with Crippen molar-refractivity contribution in [3.63, 3.8) is 0 Å². The summed E-state index contributed by atoms with van der Waals surface area (Å²) in [6, 6.07) is 4.37. The minimum atomic E-state index is -0.378. The van der Waals surface area contributed by atoms with E-state index in [2.05, 4.69) is 0 Å². The van der Waals surface area contributed by atoms with Crippen LogP contribution in [0.1, 0.15) is 12.5 Å². The number of aliphatic hydroxyl groups is 1. The molecule has 3 nitrogen and oxygen atoms in total. The lowest BCUT2D eigenvalue weighted by Gasteiger charge is -2.19.